The van der Waals surface area contributed by atoms with Gasteiger partial charge in [-0.2, -0.15) is 0 Å². The number of amides is 1. The van der Waals surface area contributed by atoms with Crippen molar-refractivity contribution < 1.29 is 9.53 Å². The van der Waals surface area contributed by atoms with Gasteiger partial charge in [0.25, 0.3) is 5.91 Å². The molecule has 0 radical (unpaired) electrons. The third-order valence-corrected chi connectivity index (χ3v) is 5.37. The van der Waals surface area contributed by atoms with Gasteiger partial charge in [-0.1, -0.05) is 35.9 Å². The summed E-state index contributed by atoms with van der Waals surface area (Å²) >= 11 is 7.37. The van der Waals surface area contributed by atoms with Crippen molar-refractivity contribution in [2.24, 2.45) is 0 Å². The Bertz CT molecular complexity index is 922. The van der Waals surface area contributed by atoms with E-state index in [4.69, 9.17) is 16.3 Å². The fraction of sp³-hybridized carbons (Fsp3) is 0.238. The number of aromatic nitrogens is 1. The minimum atomic E-state index is -0.0768. The molecule has 0 aliphatic rings. The van der Waals surface area contributed by atoms with Gasteiger partial charge in [0.15, 0.2) is 0 Å². The number of nitrogens with zero attached hydrogens (tertiary/aromatic N) is 2. The van der Waals surface area contributed by atoms with Crippen LogP contribution in [0.3, 0.4) is 0 Å². The maximum Gasteiger partial charge on any atom is 0.273 e. The number of benzene rings is 2. The largest absolute Gasteiger partial charge is 0.488 e. The van der Waals surface area contributed by atoms with Gasteiger partial charge in [-0.05, 0) is 43.7 Å². The lowest BCUT2D eigenvalue weighted by Crippen LogP contribution is -2.33. The van der Waals surface area contributed by atoms with E-state index in [1.165, 1.54) is 11.3 Å². The van der Waals surface area contributed by atoms with E-state index in [1.807, 2.05) is 62.4 Å². The fourth-order valence-corrected chi connectivity index (χ4v) is 3.37. The highest BCUT2D eigenvalue weighted by Crippen LogP contribution is 2.33. The molecule has 1 amide bonds. The molecule has 0 fully saturated rings. The van der Waals surface area contributed by atoms with Gasteiger partial charge in [0, 0.05) is 23.5 Å². The van der Waals surface area contributed by atoms with Crippen LogP contribution >= 0.6 is 22.9 Å². The molecular formula is C21H21ClN2O2S. The minimum Gasteiger partial charge on any atom is -0.488 e. The molecule has 0 atom stereocenters. The zero-order valence-corrected chi connectivity index (χ0v) is 17.1. The number of halogens is 1. The summed E-state index contributed by atoms with van der Waals surface area (Å²) in [4.78, 5) is 18.7. The average molecular weight is 401 g/mol. The molecule has 0 saturated carbocycles. The van der Waals surface area contributed by atoms with Crippen molar-refractivity contribution >= 4 is 28.8 Å². The van der Waals surface area contributed by atoms with Crippen molar-refractivity contribution in [3.8, 4) is 16.3 Å². The van der Waals surface area contributed by atoms with Crippen molar-refractivity contribution in [3.63, 3.8) is 0 Å². The zero-order chi connectivity index (χ0) is 19.4. The summed E-state index contributed by atoms with van der Waals surface area (Å²) in [5.41, 5.74) is 2.36. The molecule has 1 aromatic heterocycles. The van der Waals surface area contributed by atoms with Crippen molar-refractivity contribution in [1.82, 2.24) is 9.88 Å². The smallest absolute Gasteiger partial charge is 0.273 e. The molecule has 0 unspecified atom stereocenters. The van der Waals surface area contributed by atoms with Gasteiger partial charge >= 0.3 is 0 Å². The number of para-hydroxylation sites is 1. The number of carbonyl (C=O) groups is 1. The Morgan fingerprint density at radius 1 is 1.19 bits per heavy atom. The van der Waals surface area contributed by atoms with Crippen LogP contribution in [0.15, 0.2) is 53.9 Å². The zero-order valence-electron chi connectivity index (χ0n) is 15.5. The first-order valence-corrected chi connectivity index (χ1v) is 9.91. The van der Waals surface area contributed by atoms with E-state index in [0.29, 0.717) is 17.3 Å². The predicted octanol–water partition coefficient (Wildman–Crippen LogP) is 5.52. The molecule has 6 heteroatoms. The van der Waals surface area contributed by atoms with Crippen LogP contribution in [0.1, 0.15) is 29.9 Å². The van der Waals surface area contributed by atoms with E-state index < -0.39 is 0 Å². The lowest BCUT2D eigenvalue weighted by Gasteiger charge is -2.20. The molecule has 1 heterocycles. The van der Waals surface area contributed by atoms with Gasteiger partial charge in [-0.15, -0.1) is 11.3 Å². The maximum atomic E-state index is 12.5. The van der Waals surface area contributed by atoms with E-state index in [0.717, 1.165) is 21.9 Å². The van der Waals surface area contributed by atoms with Crippen LogP contribution < -0.4 is 4.74 Å². The molecule has 0 aliphatic carbocycles. The molecule has 0 spiro atoms. The van der Waals surface area contributed by atoms with Crippen LogP contribution in [-0.4, -0.2) is 28.9 Å². The SMILES string of the molecule is CC(C)N(C)C(=O)c1csc(-c2ccccc2OCc2ccc(Cl)cc2)n1. The van der Waals surface area contributed by atoms with Crippen molar-refractivity contribution in [2.45, 2.75) is 26.5 Å². The van der Waals surface area contributed by atoms with E-state index in [-0.39, 0.29) is 11.9 Å². The summed E-state index contributed by atoms with van der Waals surface area (Å²) in [6.45, 7) is 4.39. The first-order valence-electron chi connectivity index (χ1n) is 8.65. The third kappa shape index (κ3) is 4.67. The molecule has 0 bridgehead atoms. The Labute approximate surface area is 168 Å². The first-order chi connectivity index (χ1) is 13.0. The molecule has 0 aliphatic heterocycles. The highest BCUT2D eigenvalue weighted by atomic mass is 35.5. The van der Waals surface area contributed by atoms with Gasteiger partial charge in [0.1, 0.15) is 23.1 Å². The van der Waals surface area contributed by atoms with Gasteiger partial charge in [0.05, 0.1) is 5.56 Å². The predicted molar refractivity (Wildman–Crippen MR) is 111 cm³/mol. The number of thiazole rings is 1. The van der Waals surface area contributed by atoms with Gasteiger partial charge in [-0.25, -0.2) is 4.98 Å². The maximum absolute atomic E-state index is 12.5. The lowest BCUT2D eigenvalue weighted by molar-refractivity contribution is 0.0750. The Balaban J connectivity index is 1.80. The molecule has 0 N–H and O–H groups in total. The topological polar surface area (TPSA) is 42.4 Å². The van der Waals surface area contributed by atoms with Gasteiger partial charge in [-0.3, -0.25) is 4.79 Å². The molecule has 3 aromatic rings. The summed E-state index contributed by atoms with van der Waals surface area (Å²) in [5, 5.41) is 3.26. The standard InChI is InChI=1S/C21H21ClN2O2S/c1-14(2)24(3)21(25)18-13-27-20(23-18)17-6-4-5-7-19(17)26-12-15-8-10-16(22)11-9-15/h4-11,13-14H,12H2,1-3H3. The van der Waals surface area contributed by atoms with E-state index >= 15 is 0 Å². The Morgan fingerprint density at radius 2 is 1.89 bits per heavy atom. The van der Waals surface area contributed by atoms with Crippen LogP contribution in [0.25, 0.3) is 10.6 Å². The highest BCUT2D eigenvalue weighted by Gasteiger charge is 2.19. The number of rotatable bonds is 6. The molecule has 3 rings (SSSR count). The van der Waals surface area contributed by atoms with Crippen LogP contribution in [0.4, 0.5) is 0 Å². The van der Waals surface area contributed by atoms with Gasteiger partial charge in [0.2, 0.25) is 0 Å². The molecule has 0 saturated heterocycles. The van der Waals surface area contributed by atoms with Crippen LogP contribution in [0, 0.1) is 0 Å². The van der Waals surface area contributed by atoms with Crippen LogP contribution in [0.2, 0.25) is 5.02 Å². The van der Waals surface area contributed by atoms with E-state index in [9.17, 15) is 4.79 Å². The second-order valence-corrected chi connectivity index (χ2v) is 7.75. The molecule has 2 aromatic carbocycles. The summed E-state index contributed by atoms with van der Waals surface area (Å²) < 4.78 is 6.00. The summed E-state index contributed by atoms with van der Waals surface area (Å²) in [7, 11) is 1.79. The number of ether oxygens (including phenoxy) is 1. The Hall–Kier alpha value is -2.37. The Kier molecular flexibility index (Phi) is 6.14. The van der Waals surface area contributed by atoms with Crippen molar-refractivity contribution in [3.05, 3.63) is 70.2 Å². The number of hydrogen-bond donors (Lipinski definition) is 0. The van der Waals surface area contributed by atoms with Crippen LogP contribution in [-0.2, 0) is 6.61 Å². The summed E-state index contributed by atoms with van der Waals surface area (Å²) in [6.07, 6.45) is 0. The number of hydrogen-bond acceptors (Lipinski definition) is 4. The monoisotopic (exact) mass is 400 g/mol. The minimum absolute atomic E-state index is 0.0768. The fourth-order valence-electron chi connectivity index (χ4n) is 2.42. The number of carbonyl (C=O) groups excluding carboxylic acids is 1. The molecule has 140 valence electrons. The highest BCUT2D eigenvalue weighted by molar-refractivity contribution is 7.13. The van der Waals surface area contributed by atoms with Gasteiger partial charge < -0.3 is 9.64 Å². The second-order valence-electron chi connectivity index (χ2n) is 6.46. The quantitative estimate of drug-likeness (QED) is 0.546. The normalized spacial score (nSPS) is 10.9. The lowest BCUT2D eigenvalue weighted by atomic mass is 10.2. The average Bonchev–Trinajstić information content (AvgIpc) is 3.16. The summed E-state index contributed by atoms with van der Waals surface area (Å²) in [5.74, 6) is 0.657. The molecule has 4 nitrogen and oxygen atoms in total. The first kappa shape index (κ1) is 19.4. The third-order valence-electron chi connectivity index (χ3n) is 4.24. The van der Waals surface area contributed by atoms with Crippen LogP contribution in [0.5, 0.6) is 5.75 Å². The summed E-state index contributed by atoms with van der Waals surface area (Å²) in [6, 6.07) is 15.4. The van der Waals surface area contributed by atoms with Crippen molar-refractivity contribution in [1.29, 1.82) is 0 Å². The van der Waals surface area contributed by atoms with Crippen molar-refractivity contribution in [2.75, 3.05) is 7.05 Å². The van der Waals surface area contributed by atoms with E-state index in [1.54, 1.807) is 17.3 Å². The molecular weight excluding hydrogens is 380 g/mol. The van der Waals surface area contributed by atoms with E-state index in [2.05, 4.69) is 4.98 Å². The molecule has 27 heavy (non-hydrogen) atoms. The Morgan fingerprint density at radius 3 is 2.59 bits per heavy atom. The second kappa shape index (κ2) is 8.55.